The van der Waals surface area contributed by atoms with E-state index in [9.17, 15) is 0 Å². The molecule has 2 aliphatic rings. The first-order valence-electron chi connectivity index (χ1n) is 6.75. The van der Waals surface area contributed by atoms with Gasteiger partial charge in [0.1, 0.15) is 0 Å². The van der Waals surface area contributed by atoms with Gasteiger partial charge in [-0.2, -0.15) is 0 Å². The SMILES string of the molecule is CC1=CC(C2CC=C(C)C2(C)C)CC(C)C1. The van der Waals surface area contributed by atoms with E-state index in [1.165, 1.54) is 19.3 Å². The molecule has 2 rings (SSSR count). The third-order valence-electron chi connectivity index (χ3n) is 4.98. The second kappa shape index (κ2) is 4.05. The molecule has 0 radical (unpaired) electrons. The molecule has 0 N–H and O–H groups in total. The van der Waals surface area contributed by atoms with Crippen molar-refractivity contribution in [1.29, 1.82) is 0 Å². The minimum absolute atomic E-state index is 0.415. The first kappa shape index (κ1) is 12.0. The number of allylic oxidation sites excluding steroid dienone is 4. The normalized spacial score (nSPS) is 38.2. The smallest absolute Gasteiger partial charge is 0.0111 e. The van der Waals surface area contributed by atoms with Gasteiger partial charge in [0.25, 0.3) is 0 Å². The standard InChI is InChI=1S/C16H26/c1-11-8-12(2)10-14(9-11)15-7-6-13(3)16(15,4)5/h6,9,12,14-15H,7-8,10H2,1-5H3. The Kier molecular flexibility index (Phi) is 3.03. The summed E-state index contributed by atoms with van der Waals surface area (Å²) in [5.74, 6) is 2.53. The maximum absolute atomic E-state index is 2.57. The highest BCUT2D eigenvalue weighted by Crippen LogP contribution is 2.50. The van der Waals surface area contributed by atoms with E-state index >= 15 is 0 Å². The Morgan fingerprint density at radius 1 is 1.25 bits per heavy atom. The second-order valence-corrected chi connectivity index (χ2v) is 6.67. The maximum atomic E-state index is 2.57. The average Bonchev–Trinajstić information content (AvgIpc) is 2.40. The summed E-state index contributed by atoms with van der Waals surface area (Å²) in [6, 6.07) is 0. The zero-order valence-corrected chi connectivity index (χ0v) is 11.5. The molecule has 0 bridgehead atoms. The minimum atomic E-state index is 0.415. The molecule has 0 saturated heterocycles. The van der Waals surface area contributed by atoms with E-state index in [0.717, 1.165) is 17.8 Å². The Bertz CT molecular complexity index is 330. The zero-order valence-electron chi connectivity index (χ0n) is 11.5. The average molecular weight is 218 g/mol. The maximum Gasteiger partial charge on any atom is -0.0111 e. The topological polar surface area (TPSA) is 0 Å². The quantitative estimate of drug-likeness (QED) is 0.545. The highest BCUT2D eigenvalue weighted by Gasteiger charge is 2.40. The van der Waals surface area contributed by atoms with E-state index in [1.807, 2.05) is 0 Å². The Hall–Kier alpha value is -0.520. The molecule has 2 aliphatic carbocycles. The molecule has 0 fully saturated rings. The lowest BCUT2D eigenvalue weighted by Gasteiger charge is -2.38. The van der Waals surface area contributed by atoms with Gasteiger partial charge < -0.3 is 0 Å². The fourth-order valence-corrected chi connectivity index (χ4v) is 3.74. The molecular weight excluding hydrogens is 192 g/mol. The summed E-state index contributed by atoms with van der Waals surface area (Å²) in [7, 11) is 0. The van der Waals surface area contributed by atoms with Crippen LogP contribution in [0, 0.1) is 23.2 Å². The van der Waals surface area contributed by atoms with Crippen LogP contribution in [-0.4, -0.2) is 0 Å². The summed E-state index contributed by atoms with van der Waals surface area (Å²) in [4.78, 5) is 0. The van der Waals surface area contributed by atoms with Gasteiger partial charge in [0, 0.05) is 0 Å². The highest BCUT2D eigenvalue weighted by molar-refractivity contribution is 5.22. The van der Waals surface area contributed by atoms with Crippen molar-refractivity contribution in [2.75, 3.05) is 0 Å². The molecule has 3 unspecified atom stereocenters. The molecule has 0 saturated carbocycles. The third-order valence-corrected chi connectivity index (χ3v) is 4.98. The van der Waals surface area contributed by atoms with Crippen LogP contribution in [0.15, 0.2) is 23.3 Å². The third kappa shape index (κ3) is 1.99. The van der Waals surface area contributed by atoms with Crippen LogP contribution >= 0.6 is 0 Å². The summed E-state index contributed by atoms with van der Waals surface area (Å²) < 4.78 is 0. The van der Waals surface area contributed by atoms with Crippen molar-refractivity contribution < 1.29 is 0 Å². The largest absolute Gasteiger partial charge is 0.0847 e. The van der Waals surface area contributed by atoms with Gasteiger partial charge in [0.15, 0.2) is 0 Å². The predicted octanol–water partition coefficient (Wildman–Crippen LogP) is 4.97. The van der Waals surface area contributed by atoms with Crippen molar-refractivity contribution in [3.63, 3.8) is 0 Å². The van der Waals surface area contributed by atoms with Crippen LogP contribution in [0.25, 0.3) is 0 Å². The summed E-state index contributed by atoms with van der Waals surface area (Å²) in [5.41, 5.74) is 3.63. The molecule has 0 aromatic carbocycles. The van der Waals surface area contributed by atoms with Crippen molar-refractivity contribution >= 4 is 0 Å². The van der Waals surface area contributed by atoms with E-state index in [2.05, 4.69) is 46.8 Å². The van der Waals surface area contributed by atoms with Crippen LogP contribution in [0.1, 0.15) is 53.9 Å². The molecule has 0 aromatic rings. The van der Waals surface area contributed by atoms with Gasteiger partial charge in [-0.15, -0.1) is 0 Å². The molecule has 3 atom stereocenters. The van der Waals surface area contributed by atoms with E-state index in [-0.39, 0.29) is 0 Å². The molecular formula is C16H26. The Morgan fingerprint density at radius 3 is 2.44 bits per heavy atom. The van der Waals surface area contributed by atoms with Crippen molar-refractivity contribution in [1.82, 2.24) is 0 Å². The van der Waals surface area contributed by atoms with Crippen LogP contribution in [0.5, 0.6) is 0 Å². The van der Waals surface area contributed by atoms with Crippen LogP contribution in [0.3, 0.4) is 0 Å². The van der Waals surface area contributed by atoms with Gasteiger partial charge in [-0.25, -0.2) is 0 Å². The molecule has 16 heavy (non-hydrogen) atoms. The Morgan fingerprint density at radius 2 is 1.94 bits per heavy atom. The lowest BCUT2D eigenvalue weighted by Crippen LogP contribution is -2.29. The van der Waals surface area contributed by atoms with Gasteiger partial charge in [-0.05, 0) is 56.3 Å². The first-order chi connectivity index (χ1) is 7.41. The van der Waals surface area contributed by atoms with E-state index < -0.39 is 0 Å². The number of hydrogen-bond acceptors (Lipinski definition) is 0. The van der Waals surface area contributed by atoms with Gasteiger partial charge in [0.05, 0.1) is 0 Å². The summed E-state index contributed by atoms with van der Waals surface area (Å²) in [6.45, 7) is 11.9. The molecule has 0 heteroatoms. The van der Waals surface area contributed by atoms with Gasteiger partial charge in [-0.1, -0.05) is 44.1 Å². The molecule has 0 aliphatic heterocycles. The predicted molar refractivity (Wildman–Crippen MR) is 71.3 cm³/mol. The van der Waals surface area contributed by atoms with Gasteiger partial charge >= 0.3 is 0 Å². The van der Waals surface area contributed by atoms with E-state index in [0.29, 0.717) is 5.41 Å². The van der Waals surface area contributed by atoms with Crippen LogP contribution in [0.2, 0.25) is 0 Å². The van der Waals surface area contributed by atoms with Crippen molar-refractivity contribution in [2.45, 2.75) is 53.9 Å². The zero-order chi connectivity index (χ0) is 11.9. The monoisotopic (exact) mass is 218 g/mol. The lowest BCUT2D eigenvalue weighted by molar-refractivity contribution is 0.195. The molecule has 0 spiro atoms. The number of hydrogen-bond donors (Lipinski definition) is 0. The van der Waals surface area contributed by atoms with E-state index in [4.69, 9.17) is 0 Å². The minimum Gasteiger partial charge on any atom is -0.0847 e. The lowest BCUT2D eigenvalue weighted by atomic mass is 9.67. The fraction of sp³-hybridized carbons (Fsp3) is 0.750. The molecule has 90 valence electrons. The van der Waals surface area contributed by atoms with Crippen molar-refractivity contribution in [3.8, 4) is 0 Å². The summed E-state index contributed by atoms with van der Waals surface area (Å²) in [6.07, 6.45) is 9.04. The van der Waals surface area contributed by atoms with Crippen LogP contribution < -0.4 is 0 Å². The summed E-state index contributed by atoms with van der Waals surface area (Å²) in [5, 5.41) is 0. The number of rotatable bonds is 1. The second-order valence-electron chi connectivity index (χ2n) is 6.67. The van der Waals surface area contributed by atoms with Crippen LogP contribution in [-0.2, 0) is 0 Å². The van der Waals surface area contributed by atoms with Gasteiger partial charge in [-0.3, -0.25) is 0 Å². The van der Waals surface area contributed by atoms with Crippen molar-refractivity contribution in [3.05, 3.63) is 23.3 Å². The Labute approximate surface area is 101 Å². The Balaban J connectivity index is 2.18. The van der Waals surface area contributed by atoms with Crippen molar-refractivity contribution in [2.24, 2.45) is 23.2 Å². The molecule has 0 nitrogen and oxygen atoms in total. The molecule has 0 aromatic heterocycles. The van der Waals surface area contributed by atoms with Crippen LogP contribution in [0.4, 0.5) is 0 Å². The van der Waals surface area contributed by atoms with Gasteiger partial charge in [0.2, 0.25) is 0 Å². The summed E-state index contributed by atoms with van der Waals surface area (Å²) >= 11 is 0. The molecule has 0 heterocycles. The van der Waals surface area contributed by atoms with E-state index in [1.54, 1.807) is 11.1 Å². The highest BCUT2D eigenvalue weighted by atomic mass is 14.4. The fourth-order valence-electron chi connectivity index (χ4n) is 3.74. The first-order valence-corrected chi connectivity index (χ1v) is 6.75. The molecule has 0 amide bonds.